The molecule has 1 aliphatic heterocycles. The number of nitrogens with one attached hydrogen (secondary N) is 1. The van der Waals surface area contributed by atoms with Crippen LogP contribution in [-0.4, -0.2) is 42.8 Å². The molecule has 0 amide bonds. The number of halogens is 1. The number of nitrogens with zero attached hydrogens (tertiary/aromatic N) is 3. The van der Waals surface area contributed by atoms with Crippen LogP contribution in [0.25, 0.3) is 0 Å². The summed E-state index contributed by atoms with van der Waals surface area (Å²) in [5.74, 6) is 2.04. The third kappa shape index (κ3) is 3.82. The highest BCUT2D eigenvalue weighted by atomic mass is 79.9. The Balaban J connectivity index is 2.15. The van der Waals surface area contributed by atoms with Gasteiger partial charge in [0.25, 0.3) is 0 Å². The molecule has 0 saturated carbocycles. The predicted molar refractivity (Wildman–Crippen MR) is 84.4 cm³/mol. The fraction of sp³-hybridized carbons (Fsp3) is 0.714. The number of rotatable bonds is 5. The molecule has 0 radical (unpaired) electrons. The maximum atomic E-state index is 5.27. The van der Waals surface area contributed by atoms with Crippen LogP contribution in [0, 0.1) is 5.92 Å². The quantitative estimate of drug-likeness (QED) is 0.890. The van der Waals surface area contributed by atoms with Crippen LogP contribution < -0.4 is 15.0 Å². The third-order valence-corrected chi connectivity index (χ3v) is 4.23. The molecule has 2 rings (SSSR count). The van der Waals surface area contributed by atoms with Gasteiger partial charge in [0.2, 0.25) is 11.8 Å². The van der Waals surface area contributed by atoms with E-state index in [4.69, 9.17) is 4.74 Å². The van der Waals surface area contributed by atoms with Crippen LogP contribution in [0.2, 0.25) is 0 Å². The highest BCUT2D eigenvalue weighted by molar-refractivity contribution is 9.10. The van der Waals surface area contributed by atoms with Gasteiger partial charge < -0.3 is 15.0 Å². The fourth-order valence-corrected chi connectivity index (χ4v) is 2.84. The number of ether oxygens (including phenoxy) is 1. The van der Waals surface area contributed by atoms with Gasteiger partial charge in [-0.1, -0.05) is 0 Å². The SMILES string of the molecule is COc1nc(N(CC2CCNCC2)C(C)C)ncc1Br. The average Bonchev–Trinajstić information content (AvgIpc) is 2.46. The number of hydrogen-bond donors (Lipinski definition) is 1. The van der Waals surface area contributed by atoms with Gasteiger partial charge in [-0.3, -0.25) is 0 Å². The molecule has 1 N–H and O–H groups in total. The Bertz CT molecular complexity index is 435. The van der Waals surface area contributed by atoms with Crippen LogP contribution in [0.5, 0.6) is 5.88 Å². The lowest BCUT2D eigenvalue weighted by molar-refractivity contribution is 0.363. The van der Waals surface area contributed by atoms with Crippen molar-refractivity contribution in [3.05, 3.63) is 10.7 Å². The van der Waals surface area contributed by atoms with Crippen LogP contribution in [0.3, 0.4) is 0 Å². The van der Waals surface area contributed by atoms with Crippen molar-refractivity contribution in [3.63, 3.8) is 0 Å². The van der Waals surface area contributed by atoms with Gasteiger partial charge >= 0.3 is 0 Å². The Labute approximate surface area is 129 Å². The Morgan fingerprint density at radius 3 is 2.75 bits per heavy atom. The molecular formula is C14H23BrN4O. The zero-order chi connectivity index (χ0) is 14.5. The van der Waals surface area contributed by atoms with Crippen molar-refractivity contribution < 1.29 is 4.74 Å². The van der Waals surface area contributed by atoms with E-state index in [-0.39, 0.29) is 0 Å². The summed E-state index contributed by atoms with van der Waals surface area (Å²) in [5, 5.41) is 3.41. The summed E-state index contributed by atoms with van der Waals surface area (Å²) in [4.78, 5) is 11.2. The van der Waals surface area contributed by atoms with Crippen LogP contribution >= 0.6 is 15.9 Å². The molecule has 5 nitrogen and oxygen atoms in total. The second kappa shape index (κ2) is 7.22. The van der Waals surface area contributed by atoms with Crippen molar-refractivity contribution >= 4 is 21.9 Å². The highest BCUT2D eigenvalue weighted by Gasteiger charge is 2.21. The normalized spacial score (nSPS) is 16.4. The molecule has 0 spiro atoms. The van der Waals surface area contributed by atoms with Crippen LogP contribution in [-0.2, 0) is 0 Å². The molecule has 20 heavy (non-hydrogen) atoms. The average molecular weight is 343 g/mol. The summed E-state index contributed by atoms with van der Waals surface area (Å²) in [6, 6.07) is 0.371. The fourth-order valence-electron chi connectivity index (χ4n) is 2.49. The van der Waals surface area contributed by atoms with E-state index in [9.17, 15) is 0 Å². The number of piperidine rings is 1. The first-order valence-electron chi connectivity index (χ1n) is 7.15. The molecule has 1 saturated heterocycles. The van der Waals surface area contributed by atoms with Crippen LogP contribution in [0.15, 0.2) is 10.7 Å². The van der Waals surface area contributed by atoms with Gasteiger partial charge in [0.15, 0.2) is 0 Å². The van der Waals surface area contributed by atoms with E-state index in [0.717, 1.165) is 30.1 Å². The second-order valence-corrected chi connectivity index (χ2v) is 6.32. The summed E-state index contributed by atoms with van der Waals surface area (Å²) >= 11 is 3.40. The summed E-state index contributed by atoms with van der Waals surface area (Å²) in [6.07, 6.45) is 4.20. The van der Waals surface area contributed by atoms with Crippen molar-refractivity contribution in [1.29, 1.82) is 0 Å². The van der Waals surface area contributed by atoms with Gasteiger partial charge in [-0.25, -0.2) is 4.98 Å². The lowest BCUT2D eigenvalue weighted by Gasteiger charge is -2.32. The zero-order valence-electron chi connectivity index (χ0n) is 12.4. The van der Waals surface area contributed by atoms with Gasteiger partial charge in [0, 0.05) is 12.6 Å². The number of methoxy groups -OCH3 is 1. The maximum absolute atomic E-state index is 5.27. The molecule has 0 aromatic carbocycles. The third-order valence-electron chi connectivity index (χ3n) is 3.69. The topological polar surface area (TPSA) is 50.3 Å². The molecule has 1 aromatic heterocycles. The molecule has 0 unspecified atom stereocenters. The van der Waals surface area contributed by atoms with Crippen molar-refractivity contribution in [2.45, 2.75) is 32.7 Å². The molecule has 1 aliphatic rings. The molecule has 2 heterocycles. The molecular weight excluding hydrogens is 320 g/mol. The Hall–Kier alpha value is -0.880. The van der Waals surface area contributed by atoms with E-state index < -0.39 is 0 Å². The first-order valence-corrected chi connectivity index (χ1v) is 7.95. The summed E-state index contributed by atoms with van der Waals surface area (Å²) in [5.41, 5.74) is 0. The van der Waals surface area contributed by atoms with Crippen LogP contribution in [0.1, 0.15) is 26.7 Å². The molecule has 6 heteroatoms. The first-order chi connectivity index (χ1) is 9.61. The van der Waals surface area contributed by atoms with Gasteiger partial charge in [-0.2, -0.15) is 4.98 Å². The molecule has 1 aromatic rings. The minimum Gasteiger partial charge on any atom is -0.480 e. The summed E-state index contributed by atoms with van der Waals surface area (Å²) < 4.78 is 6.06. The van der Waals surface area contributed by atoms with Crippen molar-refractivity contribution in [2.75, 3.05) is 31.6 Å². The lowest BCUT2D eigenvalue weighted by atomic mass is 9.97. The Kier molecular flexibility index (Phi) is 5.60. The van der Waals surface area contributed by atoms with Gasteiger partial charge in [-0.15, -0.1) is 0 Å². The minimum atomic E-state index is 0.371. The smallest absolute Gasteiger partial charge is 0.232 e. The van der Waals surface area contributed by atoms with E-state index in [1.54, 1.807) is 13.3 Å². The van der Waals surface area contributed by atoms with E-state index in [2.05, 4.69) is 50.0 Å². The van der Waals surface area contributed by atoms with Crippen LogP contribution in [0.4, 0.5) is 5.95 Å². The molecule has 1 fully saturated rings. The van der Waals surface area contributed by atoms with Crippen molar-refractivity contribution in [3.8, 4) is 5.88 Å². The lowest BCUT2D eigenvalue weighted by Crippen LogP contribution is -2.40. The Morgan fingerprint density at radius 1 is 1.45 bits per heavy atom. The minimum absolute atomic E-state index is 0.371. The predicted octanol–water partition coefficient (Wildman–Crippen LogP) is 2.46. The number of aromatic nitrogens is 2. The maximum Gasteiger partial charge on any atom is 0.232 e. The summed E-state index contributed by atoms with van der Waals surface area (Å²) in [7, 11) is 1.63. The van der Waals surface area contributed by atoms with Gasteiger partial charge in [-0.05, 0) is 61.6 Å². The Morgan fingerprint density at radius 2 is 2.15 bits per heavy atom. The molecule has 0 atom stereocenters. The largest absolute Gasteiger partial charge is 0.480 e. The van der Waals surface area contributed by atoms with E-state index in [1.165, 1.54) is 12.8 Å². The van der Waals surface area contributed by atoms with Crippen molar-refractivity contribution in [1.82, 2.24) is 15.3 Å². The number of hydrogen-bond acceptors (Lipinski definition) is 5. The standard InChI is InChI=1S/C14H23BrN4O/c1-10(2)19(9-11-4-6-16-7-5-11)14-17-8-12(15)13(18-14)20-3/h8,10-11,16H,4-7,9H2,1-3H3. The molecule has 112 valence electrons. The zero-order valence-corrected chi connectivity index (χ0v) is 14.0. The molecule has 0 aliphatic carbocycles. The highest BCUT2D eigenvalue weighted by Crippen LogP contribution is 2.25. The van der Waals surface area contributed by atoms with E-state index >= 15 is 0 Å². The van der Waals surface area contributed by atoms with Gasteiger partial charge in [0.05, 0.1) is 17.8 Å². The van der Waals surface area contributed by atoms with E-state index in [1.807, 2.05) is 0 Å². The van der Waals surface area contributed by atoms with Crippen molar-refractivity contribution in [2.24, 2.45) is 5.92 Å². The second-order valence-electron chi connectivity index (χ2n) is 5.47. The van der Waals surface area contributed by atoms with Gasteiger partial charge in [0.1, 0.15) is 0 Å². The summed E-state index contributed by atoms with van der Waals surface area (Å²) in [6.45, 7) is 7.59. The van der Waals surface area contributed by atoms with E-state index in [0.29, 0.717) is 17.8 Å². The number of anilines is 1. The monoisotopic (exact) mass is 342 g/mol. The first kappa shape index (κ1) is 15.5. The molecule has 0 bridgehead atoms.